The third kappa shape index (κ3) is 3.60. The molecule has 1 amide bonds. The number of hydrogen-bond acceptors (Lipinski definition) is 6. The molecule has 0 aliphatic rings. The summed E-state index contributed by atoms with van der Waals surface area (Å²) in [5.74, 6) is 0.668. The topological polar surface area (TPSA) is 97.1 Å². The number of anilines is 1. The molecule has 19 heavy (non-hydrogen) atoms. The van der Waals surface area contributed by atoms with Gasteiger partial charge >= 0.3 is 0 Å². The Labute approximate surface area is 110 Å². The molecule has 0 aliphatic heterocycles. The first kappa shape index (κ1) is 13.2. The van der Waals surface area contributed by atoms with E-state index in [1.807, 2.05) is 13.8 Å². The predicted octanol–water partition coefficient (Wildman–Crippen LogP) is 0.236. The molecule has 1 unspecified atom stereocenters. The lowest BCUT2D eigenvalue weighted by Crippen LogP contribution is -2.33. The van der Waals surface area contributed by atoms with Gasteiger partial charge in [0.2, 0.25) is 5.91 Å². The van der Waals surface area contributed by atoms with E-state index >= 15 is 0 Å². The zero-order chi connectivity index (χ0) is 13.7. The number of tetrazole rings is 1. The van der Waals surface area contributed by atoms with Gasteiger partial charge in [0.05, 0.1) is 0 Å². The molecule has 8 nitrogen and oxygen atoms in total. The molecule has 0 spiro atoms. The summed E-state index contributed by atoms with van der Waals surface area (Å²) in [7, 11) is 0. The minimum Gasteiger partial charge on any atom is -0.368 e. The van der Waals surface area contributed by atoms with Gasteiger partial charge in [-0.1, -0.05) is 6.92 Å². The maximum absolute atomic E-state index is 11.6. The first-order valence-electron chi connectivity index (χ1n) is 6.27. The highest BCUT2D eigenvalue weighted by Crippen LogP contribution is 2.03. The number of nitrogens with zero attached hydrogens (tertiary/aromatic N) is 5. The van der Waals surface area contributed by atoms with Crippen molar-refractivity contribution in [2.24, 2.45) is 0 Å². The van der Waals surface area contributed by atoms with Gasteiger partial charge in [-0.15, -0.1) is 14.8 Å². The molecule has 8 heteroatoms. The molecule has 0 aliphatic carbocycles. The molecule has 0 saturated heterocycles. The zero-order valence-corrected chi connectivity index (χ0v) is 11.0. The highest BCUT2D eigenvalue weighted by molar-refractivity contribution is 5.76. The normalized spacial score (nSPS) is 12.3. The molecular weight excluding hydrogens is 246 g/mol. The molecule has 2 rings (SSSR count). The smallest absolute Gasteiger partial charge is 0.221 e. The maximum Gasteiger partial charge on any atom is 0.221 e. The molecule has 2 N–H and O–H groups in total. The maximum atomic E-state index is 11.6. The molecule has 2 aromatic heterocycles. The summed E-state index contributed by atoms with van der Waals surface area (Å²) in [5, 5.41) is 21.1. The molecule has 0 saturated carbocycles. The van der Waals surface area contributed by atoms with Gasteiger partial charge in [-0.3, -0.25) is 4.79 Å². The SMILES string of the molecule is CCC(C)NC(=O)CCNc1ccc2nnnn2n1. The highest BCUT2D eigenvalue weighted by Gasteiger charge is 2.05. The largest absolute Gasteiger partial charge is 0.368 e. The van der Waals surface area contributed by atoms with E-state index in [-0.39, 0.29) is 11.9 Å². The van der Waals surface area contributed by atoms with Crippen molar-refractivity contribution in [3.8, 4) is 0 Å². The molecule has 0 fully saturated rings. The summed E-state index contributed by atoms with van der Waals surface area (Å²) >= 11 is 0. The predicted molar refractivity (Wildman–Crippen MR) is 69.6 cm³/mol. The monoisotopic (exact) mass is 263 g/mol. The molecule has 102 valence electrons. The van der Waals surface area contributed by atoms with Crippen LogP contribution in [0.3, 0.4) is 0 Å². The molecule has 1 atom stereocenters. The third-order valence-corrected chi connectivity index (χ3v) is 2.75. The number of nitrogens with one attached hydrogen (secondary N) is 2. The number of aromatic nitrogens is 5. The minimum absolute atomic E-state index is 0.0327. The Morgan fingerprint density at radius 2 is 2.32 bits per heavy atom. The van der Waals surface area contributed by atoms with Crippen LogP contribution in [0.1, 0.15) is 26.7 Å². The first-order valence-corrected chi connectivity index (χ1v) is 6.27. The molecule has 0 bridgehead atoms. The van der Waals surface area contributed by atoms with E-state index in [9.17, 15) is 4.79 Å². The average Bonchev–Trinajstić information content (AvgIpc) is 2.86. The van der Waals surface area contributed by atoms with Gasteiger partial charge in [0, 0.05) is 19.0 Å². The molecule has 0 radical (unpaired) electrons. The standard InChI is InChI=1S/C11H17N7O/c1-3-8(2)13-11(19)6-7-12-9-4-5-10-14-16-17-18(10)15-9/h4-5,8H,3,6-7H2,1-2H3,(H,12,15)(H,13,19). The van der Waals surface area contributed by atoms with E-state index in [2.05, 4.69) is 31.3 Å². The van der Waals surface area contributed by atoms with Crippen molar-refractivity contribution < 1.29 is 4.79 Å². The second-order valence-electron chi connectivity index (χ2n) is 4.30. The fraction of sp³-hybridized carbons (Fsp3) is 0.545. The van der Waals surface area contributed by atoms with Crippen molar-refractivity contribution in [1.29, 1.82) is 0 Å². The Hall–Kier alpha value is -2.25. The Bertz CT molecular complexity index is 553. The lowest BCUT2D eigenvalue weighted by atomic mass is 10.2. The van der Waals surface area contributed by atoms with E-state index in [4.69, 9.17) is 0 Å². The Morgan fingerprint density at radius 1 is 1.47 bits per heavy atom. The number of hydrogen-bond donors (Lipinski definition) is 2. The van der Waals surface area contributed by atoms with Gasteiger partial charge in [0.15, 0.2) is 5.65 Å². The van der Waals surface area contributed by atoms with Gasteiger partial charge in [-0.25, -0.2) is 0 Å². The minimum atomic E-state index is 0.0327. The summed E-state index contributed by atoms with van der Waals surface area (Å²) in [6.45, 7) is 4.54. The number of amides is 1. The van der Waals surface area contributed by atoms with Crippen LogP contribution in [0.4, 0.5) is 5.82 Å². The molecular formula is C11H17N7O. The van der Waals surface area contributed by atoms with E-state index in [1.54, 1.807) is 12.1 Å². The number of carbonyl (C=O) groups excluding carboxylic acids is 1. The second-order valence-corrected chi connectivity index (χ2v) is 4.30. The van der Waals surface area contributed by atoms with E-state index < -0.39 is 0 Å². The fourth-order valence-corrected chi connectivity index (χ4v) is 1.50. The van der Waals surface area contributed by atoms with Crippen molar-refractivity contribution in [3.63, 3.8) is 0 Å². The first-order chi connectivity index (χ1) is 9.19. The van der Waals surface area contributed by atoms with E-state index in [0.717, 1.165) is 6.42 Å². The van der Waals surface area contributed by atoms with Crippen LogP contribution in [0, 0.1) is 0 Å². The zero-order valence-electron chi connectivity index (χ0n) is 11.0. The van der Waals surface area contributed by atoms with Crippen molar-refractivity contribution in [3.05, 3.63) is 12.1 Å². The number of rotatable bonds is 6. The van der Waals surface area contributed by atoms with Gasteiger partial charge < -0.3 is 10.6 Å². The number of carbonyl (C=O) groups is 1. The van der Waals surface area contributed by atoms with Crippen LogP contribution in [-0.4, -0.2) is 43.7 Å². The quantitative estimate of drug-likeness (QED) is 0.774. The summed E-state index contributed by atoms with van der Waals surface area (Å²) in [5.41, 5.74) is 0.583. The highest BCUT2D eigenvalue weighted by atomic mass is 16.1. The second kappa shape index (κ2) is 6.07. The summed E-state index contributed by atoms with van der Waals surface area (Å²) in [4.78, 5) is 11.6. The van der Waals surface area contributed by atoms with Crippen LogP contribution in [0.2, 0.25) is 0 Å². The van der Waals surface area contributed by atoms with Gasteiger partial charge in [0.25, 0.3) is 0 Å². The number of fused-ring (bicyclic) bond motifs is 1. The van der Waals surface area contributed by atoms with Gasteiger partial charge in [0.1, 0.15) is 5.82 Å². The Balaban J connectivity index is 1.80. The summed E-state index contributed by atoms with van der Waals surface area (Å²) < 4.78 is 1.33. The van der Waals surface area contributed by atoms with Gasteiger partial charge in [-0.05, 0) is 35.9 Å². The lowest BCUT2D eigenvalue weighted by Gasteiger charge is -2.11. The van der Waals surface area contributed by atoms with E-state index in [0.29, 0.717) is 24.4 Å². The summed E-state index contributed by atoms with van der Waals surface area (Å²) in [6, 6.07) is 3.75. The van der Waals surface area contributed by atoms with E-state index in [1.165, 1.54) is 4.63 Å². The van der Waals surface area contributed by atoms with Crippen LogP contribution in [0.15, 0.2) is 12.1 Å². The van der Waals surface area contributed by atoms with Crippen molar-refractivity contribution in [2.45, 2.75) is 32.7 Å². The average molecular weight is 263 g/mol. The van der Waals surface area contributed by atoms with Crippen LogP contribution >= 0.6 is 0 Å². The Morgan fingerprint density at radius 3 is 3.11 bits per heavy atom. The summed E-state index contributed by atoms with van der Waals surface area (Å²) in [6.07, 6.45) is 1.33. The van der Waals surface area contributed by atoms with Crippen molar-refractivity contribution in [1.82, 2.24) is 30.6 Å². The Kier molecular flexibility index (Phi) is 4.22. The van der Waals surface area contributed by atoms with Crippen LogP contribution in [0.25, 0.3) is 5.65 Å². The molecule has 2 aromatic rings. The molecule has 0 aromatic carbocycles. The van der Waals surface area contributed by atoms with Gasteiger partial charge in [-0.2, -0.15) is 0 Å². The fourth-order valence-electron chi connectivity index (χ4n) is 1.50. The van der Waals surface area contributed by atoms with Crippen molar-refractivity contribution >= 4 is 17.4 Å². The van der Waals surface area contributed by atoms with Crippen LogP contribution < -0.4 is 10.6 Å². The lowest BCUT2D eigenvalue weighted by molar-refractivity contribution is -0.121. The van der Waals surface area contributed by atoms with Crippen LogP contribution in [0.5, 0.6) is 0 Å². The van der Waals surface area contributed by atoms with Crippen LogP contribution in [-0.2, 0) is 4.79 Å². The third-order valence-electron chi connectivity index (χ3n) is 2.75. The molecule has 2 heterocycles. The van der Waals surface area contributed by atoms with Crippen molar-refractivity contribution in [2.75, 3.05) is 11.9 Å².